The molecule has 0 aliphatic rings. The Kier molecular flexibility index (Phi) is 3.82. The van der Waals surface area contributed by atoms with Crippen LogP contribution in [-0.4, -0.2) is 11.7 Å². The van der Waals surface area contributed by atoms with Crippen molar-refractivity contribution in [3.63, 3.8) is 0 Å². The highest BCUT2D eigenvalue weighted by atomic mass is 79.9. The van der Waals surface area contributed by atoms with Crippen LogP contribution < -0.4 is 4.74 Å². The van der Waals surface area contributed by atoms with Crippen LogP contribution in [0.1, 0.15) is 5.56 Å². The maximum absolute atomic E-state index is 9.47. The van der Waals surface area contributed by atoms with Crippen LogP contribution in [-0.2, 0) is 6.61 Å². The second-order valence-corrected chi connectivity index (χ2v) is 4.85. The van der Waals surface area contributed by atoms with Crippen molar-refractivity contribution in [2.75, 3.05) is 6.61 Å². The zero-order valence-electron chi connectivity index (χ0n) is 9.32. The fourth-order valence-electron chi connectivity index (χ4n) is 1.77. The summed E-state index contributed by atoms with van der Waals surface area (Å²) in [5.41, 5.74) is 0.817. The number of aliphatic hydroxyl groups excluding tert-OH is 1. The lowest BCUT2D eigenvalue weighted by Crippen LogP contribution is -2.00. The Hall–Kier alpha value is -1.32. The zero-order valence-corrected chi connectivity index (χ0v) is 10.9. The first kappa shape index (κ1) is 12.1. The van der Waals surface area contributed by atoms with Crippen LogP contribution in [0.4, 0.5) is 0 Å². The van der Waals surface area contributed by atoms with E-state index in [2.05, 4.69) is 22.5 Å². The maximum Gasteiger partial charge on any atom is 0.125 e. The number of ether oxygens (including phenoxy) is 1. The molecule has 0 heterocycles. The Bertz CT molecular complexity index is 549. The fourth-order valence-corrected chi connectivity index (χ4v) is 1.88. The number of aliphatic hydroxyl groups is 1. The minimum atomic E-state index is -0.0363. The summed E-state index contributed by atoms with van der Waals surface area (Å²) < 4.78 is 6.36. The fraction of sp³-hybridized carbons (Fsp3) is 0.143. The third-order valence-corrected chi connectivity index (χ3v) is 2.77. The van der Waals surface area contributed by atoms with Crippen LogP contribution in [0.5, 0.6) is 5.75 Å². The van der Waals surface area contributed by atoms with E-state index >= 15 is 0 Å². The minimum Gasteiger partial charge on any atom is -0.488 e. The highest BCUT2D eigenvalue weighted by molar-refractivity contribution is 9.11. The number of hydrogen-bond acceptors (Lipinski definition) is 2. The van der Waals surface area contributed by atoms with Gasteiger partial charge in [0.25, 0.3) is 0 Å². The normalized spacial score (nSPS) is 10.5. The van der Waals surface area contributed by atoms with Gasteiger partial charge in [-0.2, -0.15) is 0 Å². The molecule has 0 bridgehead atoms. The second-order valence-electron chi connectivity index (χ2n) is 3.73. The molecule has 2 rings (SSSR count). The van der Waals surface area contributed by atoms with Gasteiger partial charge in [0.1, 0.15) is 12.4 Å². The molecule has 2 aromatic rings. The summed E-state index contributed by atoms with van der Waals surface area (Å²) in [6, 6.07) is 11.8. The van der Waals surface area contributed by atoms with Gasteiger partial charge in [0.05, 0.1) is 6.61 Å². The molecule has 17 heavy (non-hydrogen) atoms. The highest BCUT2D eigenvalue weighted by Crippen LogP contribution is 2.28. The first-order chi connectivity index (χ1) is 8.22. The number of rotatable bonds is 4. The smallest absolute Gasteiger partial charge is 0.125 e. The molecule has 2 aromatic carbocycles. The van der Waals surface area contributed by atoms with E-state index in [9.17, 15) is 5.11 Å². The van der Waals surface area contributed by atoms with Crippen molar-refractivity contribution < 1.29 is 9.84 Å². The molecule has 0 saturated heterocycles. The molecule has 88 valence electrons. The first-order valence-electron chi connectivity index (χ1n) is 5.30. The molecule has 0 aromatic heterocycles. The van der Waals surface area contributed by atoms with Crippen LogP contribution >= 0.6 is 15.9 Å². The molecule has 3 heteroatoms. The quantitative estimate of drug-likeness (QED) is 0.933. The molecule has 0 aliphatic carbocycles. The van der Waals surface area contributed by atoms with Gasteiger partial charge < -0.3 is 9.84 Å². The highest BCUT2D eigenvalue weighted by Gasteiger charge is 2.07. The van der Waals surface area contributed by atoms with E-state index in [0.29, 0.717) is 12.4 Å². The van der Waals surface area contributed by atoms with Crippen molar-refractivity contribution in [1.82, 2.24) is 0 Å². The number of hydrogen-bond donors (Lipinski definition) is 1. The van der Waals surface area contributed by atoms with Gasteiger partial charge in [-0.05, 0) is 16.8 Å². The molecule has 0 fully saturated rings. The van der Waals surface area contributed by atoms with Crippen LogP contribution in [0, 0.1) is 0 Å². The molecule has 2 nitrogen and oxygen atoms in total. The Labute approximate surface area is 109 Å². The predicted molar refractivity (Wildman–Crippen MR) is 73.4 cm³/mol. The zero-order chi connectivity index (χ0) is 12.3. The van der Waals surface area contributed by atoms with Gasteiger partial charge in [-0.3, -0.25) is 0 Å². The second kappa shape index (κ2) is 5.34. The van der Waals surface area contributed by atoms with Gasteiger partial charge in [0.2, 0.25) is 0 Å². The van der Waals surface area contributed by atoms with Gasteiger partial charge in [0, 0.05) is 10.0 Å². The molecule has 0 amide bonds. The molecular formula is C14H13BrO2. The van der Waals surface area contributed by atoms with Crippen molar-refractivity contribution in [2.24, 2.45) is 0 Å². The number of benzene rings is 2. The number of halogens is 1. The molecular weight excluding hydrogens is 280 g/mol. The van der Waals surface area contributed by atoms with Crippen molar-refractivity contribution in [1.29, 1.82) is 0 Å². The Morgan fingerprint density at radius 1 is 1.24 bits per heavy atom. The van der Waals surface area contributed by atoms with Crippen molar-refractivity contribution >= 4 is 26.7 Å². The standard InChI is InChI=1S/C14H13BrO2/c1-10(15)9-17-14-7-6-11-4-2-3-5-12(11)13(14)8-16/h2-7,16H,1,8-9H2. The number of fused-ring (bicyclic) bond motifs is 1. The van der Waals surface area contributed by atoms with Crippen molar-refractivity contribution in [3.05, 3.63) is 53.0 Å². The predicted octanol–water partition coefficient (Wildman–Crippen LogP) is 3.62. The molecule has 1 N–H and O–H groups in total. The Morgan fingerprint density at radius 3 is 2.71 bits per heavy atom. The van der Waals surface area contributed by atoms with Crippen LogP contribution in [0.25, 0.3) is 10.8 Å². The third-order valence-electron chi connectivity index (χ3n) is 2.54. The molecule has 0 spiro atoms. The maximum atomic E-state index is 9.47. The third kappa shape index (κ3) is 2.68. The SMILES string of the molecule is C=C(Br)COc1ccc2ccccc2c1CO. The molecule has 0 unspecified atom stereocenters. The Morgan fingerprint density at radius 2 is 2.00 bits per heavy atom. The van der Waals surface area contributed by atoms with E-state index in [1.165, 1.54) is 0 Å². The van der Waals surface area contributed by atoms with Gasteiger partial charge in [-0.15, -0.1) is 0 Å². The summed E-state index contributed by atoms with van der Waals surface area (Å²) >= 11 is 3.25. The summed E-state index contributed by atoms with van der Waals surface area (Å²) in [5.74, 6) is 0.701. The monoisotopic (exact) mass is 292 g/mol. The summed E-state index contributed by atoms with van der Waals surface area (Å²) in [5, 5.41) is 11.6. The van der Waals surface area contributed by atoms with Crippen LogP contribution in [0.3, 0.4) is 0 Å². The van der Waals surface area contributed by atoms with E-state index in [4.69, 9.17) is 4.74 Å². The van der Waals surface area contributed by atoms with E-state index in [1.807, 2.05) is 36.4 Å². The van der Waals surface area contributed by atoms with E-state index < -0.39 is 0 Å². The average Bonchev–Trinajstić information content (AvgIpc) is 2.35. The lowest BCUT2D eigenvalue weighted by atomic mass is 10.0. The van der Waals surface area contributed by atoms with Gasteiger partial charge >= 0.3 is 0 Å². The van der Waals surface area contributed by atoms with Crippen LogP contribution in [0.15, 0.2) is 47.5 Å². The molecule has 0 radical (unpaired) electrons. The summed E-state index contributed by atoms with van der Waals surface area (Å²) in [4.78, 5) is 0. The van der Waals surface area contributed by atoms with Crippen molar-refractivity contribution in [3.8, 4) is 5.75 Å². The topological polar surface area (TPSA) is 29.5 Å². The van der Waals surface area contributed by atoms with Gasteiger partial charge in [-0.1, -0.05) is 52.8 Å². The van der Waals surface area contributed by atoms with E-state index in [1.54, 1.807) is 0 Å². The molecule has 0 aliphatic heterocycles. The van der Waals surface area contributed by atoms with Gasteiger partial charge in [-0.25, -0.2) is 0 Å². The largest absolute Gasteiger partial charge is 0.488 e. The molecule has 0 saturated carbocycles. The van der Waals surface area contributed by atoms with Crippen molar-refractivity contribution in [2.45, 2.75) is 6.61 Å². The lowest BCUT2D eigenvalue weighted by molar-refractivity contribution is 0.271. The average molecular weight is 293 g/mol. The Balaban J connectivity index is 2.45. The van der Waals surface area contributed by atoms with Crippen LogP contribution in [0.2, 0.25) is 0 Å². The molecule has 0 atom stereocenters. The minimum absolute atomic E-state index is 0.0363. The van der Waals surface area contributed by atoms with Gasteiger partial charge in [0.15, 0.2) is 0 Å². The summed E-state index contributed by atoms with van der Waals surface area (Å²) in [6.45, 7) is 4.08. The lowest BCUT2D eigenvalue weighted by Gasteiger charge is -2.12. The summed E-state index contributed by atoms with van der Waals surface area (Å²) in [6.07, 6.45) is 0. The van der Waals surface area contributed by atoms with E-state index in [-0.39, 0.29) is 6.61 Å². The first-order valence-corrected chi connectivity index (χ1v) is 6.09. The summed E-state index contributed by atoms with van der Waals surface area (Å²) in [7, 11) is 0. The van der Waals surface area contributed by atoms with E-state index in [0.717, 1.165) is 20.8 Å².